The van der Waals surface area contributed by atoms with Crippen molar-refractivity contribution in [2.45, 2.75) is 60.3 Å². The van der Waals surface area contributed by atoms with Crippen LogP contribution in [0, 0.1) is 23.7 Å². The van der Waals surface area contributed by atoms with Gasteiger partial charge in [-0.15, -0.1) is 5.92 Å². The smallest absolute Gasteiger partial charge is 0.122 e. The molecule has 0 N–H and O–H groups in total. The van der Waals surface area contributed by atoms with E-state index in [1.165, 1.54) is 11.1 Å². The molecule has 0 aliphatic heterocycles. The van der Waals surface area contributed by atoms with E-state index in [1.807, 2.05) is 6.92 Å². The van der Waals surface area contributed by atoms with Crippen LogP contribution in [0.4, 0.5) is 0 Å². The van der Waals surface area contributed by atoms with Crippen LogP contribution in [-0.4, -0.2) is 6.61 Å². The fourth-order valence-corrected chi connectivity index (χ4v) is 2.33. The first kappa shape index (κ1) is 17.6. The summed E-state index contributed by atoms with van der Waals surface area (Å²) in [6.07, 6.45) is 0. The molecular weight excluding hydrogens is 256 g/mol. The molecule has 116 valence electrons. The fraction of sp³-hybridized carbons (Fsp3) is 0.600. The summed E-state index contributed by atoms with van der Waals surface area (Å²) in [5.41, 5.74) is 2.66. The van der Waals surface area contributed by atoms with Crippen molar-refractivity contribution in [2.75, 3.05) is 6.61 Å². The van der Waals surface area contributed by atoms with Crippen LogP contribution in [0.25, 0.3) is 0 Å². The zero-order chi connectivity index (χ0) is 16.0. The van der Waals surface area contributed by atoms with E-state index < -0.39 is 0 Å². The van der Waals surface area contributed by atoms with Gasteiger partial charge in [0.05, 0.1) is 6.61 Å². The Balaban J connectivity index is 3.04. The van der Waals surface area contributed by atoms with Crippen molar-refractivity contribution < 1.29 is 4.74 Å². The molecule has 0 aliphatic rings. The summed E-state index contributed by atoms with van der Waals surface area (Å²) in [7, 11) is 0. The minimum atomic E-state index is 0.373. The molecule has 0 radical (unpaired) electrons. The number of benzene rings is 1. The minimum absolute atomic E-state index is 0.373. The van der Waals surface area contributed by atoms with Crippen molar-refractivity contribution in [1.82, 2.24) is 0 Å². The summed E-state index contributed by atoms with van der Waals surface area (Å²) < 4.78 is 5.97. The Bertz CT molecular complexity index is 502. The lowest BCUT2D eigenvalue weighted by molar-refractivity contribution is 0.267. The number of hydrogen-bond acceptors (Lipinski definition) is 1. The van der Waals surface area contributed by atoms with Crippen LogP contribution in [0.5, 0.6) is 5.75 Å². The topological polar surface area (TPSA) is 9.23 Å². The van der Waals surface area contributed by atoms with Gasteiger partial charge in [-0.25, -0.2) is 0 Å². The predicted octanol–water partition coefficient (Wildman–Crippen LogP) is 5.61. The van der Waals surface area contributed by atoms with Gasteiger partial charge >= 0.3 is 0 Å². The highest BCUT2D eigenvalue weighted by molar-refractivity contribution is 5.41. The lowest BCUT2D eigenvalue weighted by Crippen LogP contribution is -2.09. The Morgan fingerprint density at radius 3 is 2.24 bits per heavy atom. The molecule has 1 nitrogen and oxygen atoms in total. The number of rotatable bonds is 6. The second-order valence-corrected chi connectivity index (χ2v) is 6.63. The molecule has 1 rings (SSSR count). The molecule has 0 amide bonds. The Hall–Kier alpha value is -1.42. The van der Waals surface area contributed by atoms with Gasteiger partial charge in [-0.05, 0) is 41.9 Å². The number of ether oxygens (including phenoxy) is 1. The first-order valence-corrected chi connectivity index (χ1v) is 8.05. The van der Waals surface area contributed by atoms with E-state index in [2.05, 4.69) is 71.6 Å². The molecule has 1 aromatic carbocycles. The van der Waals surface area contributed by atoms with E-state index in [4.69, 9.17) is 4.74 Å². The maximum Gasteiger partial charge on any atom is 0.122 e. The Morgan fingerprint density at radius 1 is 1.05 bits per heavy atom. The molecule has 1 heteroatoms. The summed E-state index contributed by atoms with van der Waals surface area (Å²) in [5.74, 6) is 9.14. The third-order valence-corrected chi connectivity index (χ3v) is 3.88. The van der Waals surface area contributed by atoms with Crippen molar-refractivity contribution >= 4 is 0 Å². The summed E-state index contributed by atoms with van der Waals surface area (Å²) >= 11 is 0. The van der Waals surface area contributed by atoms with Crippen LogP contribution in [0.3, 0.4) is 0 Å². The highest BCUT2D eigenvalue weighted by Gasteiger charge is 2.16. The van der Waals surface area contributed by atoms with Crippen LogP contribution in [0.15, 0.2) is 18.2 Å². The summed E-state index contributed by atoms with van der Waals surface area (Å²) in [6.45, 7) is 15.9. The minimum Gasteiger partial charge on any atom is -0.493 e. The molecule has 0 saturated carbocycles. The first-order valence-electron chi connectivity index (χ1n) is 8.05. The summed E-state index contributed by atoms with van der Waals surface area (Å²) in [6, 6.07) is 6.63. The summed E-state index contributed by atoms with van der Waals surface area (Å²) in [5, 5.41) is 0. The monoisotopic (exact) mass is 286 g/mol. The highest BCUT2D eigenvalue weighted by atomic mass is 16.5. The highest BCUT2D eigenvalue weighted by Crippen LogP contribution is 2.32. The second kappa shape index (κ2) is 8.13. The zero-order valence-electron chi connectivity index (χ0n) is 14.7. The lowest BCUT2D eigenvalue weighted by atomic mass is 9.87. The van der Waals surface area contributed by atoms with Gasteiger partial charge in [0, 0.05) is 5.92 Å². The molecule has 0 aliphatic carbocycles. The molecule has 0 heterocycles. The molecule has 1 aromatic rings. The molecule has 2 unspecified atom stereocenters. The van der Waals surface area contributed by atoms with Gasteiger partial charge in [0.2, 0.25) is 0 Å². The van der Waals surface area contributed by atoms with E-state index in [0.717, 1.165) is 12.4 Å². The van der Waals surface area contributed by atoms with Gasteiger partial charge in [0.25, 0.3) is 0 Å². The molecule has 2 atom stereocenters. The maximum absolute atomic E-state index is 5.97. The third-order valence-electron chi connectivity index (χ3n) is 3.88. The molecule has 0 aromatic heterocycles. The molecule has 21 heavy (non-hydrogen) atoms. The van der Waals surface area contributed by atoms with E-state index in [1.54, 1.807) is 0 Å². The summed E-state index contributed by atoms with van der Waals surface area (Å²) in [4.78, 5) is 0. The zero-order valence-corrected chi connectivity index (χ0v) is 14.7. The van der Waals surface area contributed by atoms with Gasteiger partial charge in [-0.3, -0.25) is 0 Å². The van der Waals surface area contributed by atoms with Crippen molar-refractivity contribution in [3.63, 3.8) is 0 Å². The average Bonchev–Trinajstić information content (AvgIpc) is 2.44. The van der Waals surface area contributed by atoms with Gasteiger partial charge in [0.1, 0.15) is 5.75 Å². The molecule has 0 spiro atoms. The fourth-order valence-electron chi connectivity index (χ4n) is 2.33. The second-order valence-electron chi connectivity index (χ2n) is 6.63. The molecule has 0 bridgehead atoms. The quantitative estimate of drug-likeness (QED) is 0.618. The average molecular weight is 286 g/mol. The number of hydrogen-bond donors (Lipinski definition) is 0. The van der Waals surface area contributed by atoms with Crippen LogP contribution in [0.1, 0.15) is 71.4 Å². The molecule has 0 saturated heterocycles. The van der Waals surface area contributed by atoms with Crippen molar-refractivity contribution in [3.8, 4) is 17.6 Å². The van der Waals surface area contributed by atoms with Crippen LogP contribution in [0.2, 0.25) is 0 Å². The van der Waals surface area contributed by atoms with Gasteiger partial charge in [-0.1, -0.05) is 59.6 Å². The van der Waals surface area contributed by atoms with Gasteiger partial charge in [0.15, 0.2) is 0 Å². The predicted molar refractivity (Wildman–Crippen MR) is 91.9 cm³/mol. The van der Waals surface area contributed by atoms with Crippen molar-refractivity contribution in [2.24, 2.45) is 11.8 Å². The SMILES string of the molecule is CC#CC(C)C(C)c1ccc(OCC(C)C)c(C(C)C)c1. The van der Waals surface area contributed by atoms with Gasteiger partial charge in [-0.2, -0.15) is 0 Å². The van der Waals surface area contributed by atoms with Gasteiger partial charge < -0.3 is 4.74 Å². The van der Waals surface area contributed by atoms with Crippen LogP contribution >= 0.6 is 0 Å². The van der Waals surface area contributed by atoms with Crippen LogP contribution in [-0.2, 0) is 0 Å². The van der Waals surface area contributed by atoms with Crippen molar-refractivity contribution in [3.05, 3.63) is 29.3 Å². The Labute approximate surface area is 131 Å². The van der Waals surface area contributed by atoms with E-state index in [0.29, 0.717) is 23.7 Å². The Kier molecular flexibility index (Phi) is 6.82. The van der Waals surface area contributed by atoms with Crippen molar-refractivity contribution in [1.29, 1.82) is 0 Å². The maximum atomic E-state index is 5.97. The van der Waals surface area contributed by atoms with E-state index in [9.17, 15) is 0 Å². The molecular formula is C20H30O. The molecule has 0 fully saturated rings. The van der Waals surface area contributed by atoms with E-state index in [-0.39, 0.29) is 0 Å². The standard InChI is InChI=1S/C20H30O/c1-8-9-16(6)17(7)18-10-11-20(21-13-14(2)3)19(12-18)15(4)5/h10-12,14-17H,13H2,1-7H3. The first-order chi connectivity index (χ1) is 9.86. The lowest BCUT2D eigenvalue weighted by Gasteiger charge is -2.20. The Morgan fingerprint density at radius 2 is 1.71 bits per heavy atom. The largest absolute Gasteiger partial charge is 0.493 e. The van der Waals surface area contributed by atoms with E-state index >= 15 is 0 Å². The third kappa shape index (κ3) is 5.12. The van der Waals surface area contributed by atoms with Crippen LogP contribution < -0.4 is 4.74 Å². The normalized spacial score (nSPS) is 13.8.